The second kappa shape index (κ2) is 8.10. The molecule has 0 unspecified atom stereocenters. The molecule has 1 aliphatic heterocycles. The van der Waals surface area contributed by atoms with Crippen molar-refractivity contribution in [2.75, 3.05) is 25.0 Å². The van der Waals surface area contributed by atoms with Crippen LogP contribution in [0.25, 0.3) is 0 Å². The molecule has 1 aromatic heterocycles. The number of sulfonamides is 1. The van der Waals surface area contributed by atoms with E-state index in [1.807, 2.05) is 19.1 Å². The number of amides is 1. The number of hydrogen-bond acceptors (Lipinski definition) is 5. The largest absolute Gasteiger partial charge is 0.492 e. The van der Waals surface area contributed by atoms with Crippen molar-refractivity contribution in [3.63, 3.8) is 0 Å². The minimum Gasteiger partial charge on any atom is -0.492 e. The van der Waals surface area contributed by atoms with Crippen molar-refractivity contribution in [1.29, 1.82) is 0 Å². The number of para-hydroxylation sites is 2. The van der Waals surface area contributed by atoms with E-state index in [1.165, 1.54) is 16.8 Å². The van der Waals surface area contributed by atoms with E-state index in [-0.39, 0.29) is 17.5 Å². The number of aryl methyl sites for hydroxylation is 1. The lowest BCUT2D eigenvalue weighted by Crippen LogP contribution is -2.43. The fourth-order valence-corrected chi connectivity index (χ4v) is 4.61. The maximum atomic E-state index is 12.8. The highest BCUT2D eigenvalue weighted by atomic mass is 32.2. The summed E-state index contributed by atoms with van der Waals surface area (Å²) < 4.78 is 34.0. The molecule has 0 saturated carbocycles. The second-order valence-corrected chi connectivity index (χ2v) is 8.38. The Morgan fingerprint density at radius 2 is 2.15 bits per heavy atom. The van der Waals surface area contributed by atoms with Crippen LogP contribution in [0.4, 0.5) is 5.69 Å². The summed E-state index contributed by atoms with van der Waals surface area (Å²) in [5, 5.41) is 2.88. The lowest BCUT2D eigenvalue weighted by Gasteiger charge is -2.30. The molecule has 27 heavy (non-hydrogen) atoms. The molecule has 0 radical (unpaired) electrons. The Balaban J connectivity index is 1.72. The van der Waals surface area contributed by atoms with Gasteiger partial charge >= 0.3 is 0 Å². The molecule has 1 amide bonds. The van der Waals surface area contributed by atoms with E-state index >= 15 is 0 Å². The Hall–Kier alpha value is -2.39. The number of carbonyl (C=O) groups excluding carboxylic acids is 1. The molecular weight excluding hydrogens is 368 g/mol. The third kappa shape index (κ3) is 4.30. The van der Waals surface area contributed by atoms with Gasteiger partial charge in [0.05, 0.1) is 24.5 Å². The topological polar surface area (TPSA) is 93.5 Å². The predicted octanol–water partition coefficient (Wildman–Crippen LogP) is 1.86. The van der Waals surface area contributed by atoms with Crippen molar-refractivity contribution in [1.82, 2.24) is 13.9 Å². The van der Waals surface area contributed by atoms with Gasteiger partial charge in [-0.3, -0.25) is 4.79 Å². The second-order valence-electron chi connectivity index (χ2n) is 6.50. The summed E-state index contributed by atoms with van der Waals surface area (Å²) in [4.78, 5) is 16.7. The van der Waals surface area contributed by atoms with Gasteiger partial charge in [0.1, 0.15) is 5.75 Å². The highest BCUT2D eigenvalue weighted by Gasteiger charge is 2.34. The summed E-state index contributed by atoms with van der Waals surface area (Å²) in [6.45, 7) is 2.90. The van der Waals surface area contributed by atoms with Gasteiger partial charge in [-0.25, -0.2) is 13.4 Å². The molecular formula is C18H24N4O4S. The van der Waals surface area contributed by atoms with Crippen LogP contribution in [0.1, 0.15) is 19.8 Å². The average molecular weight is 392 g/mol. The standard InChI is InChI=1S/C18H24N4O4S/c1-3-26-16-9-5-4-8-15(16)20-18(23)14-7-6-10-22(11-14)27(24,25)17-12-21(2)13-19-17/h4-5,8-9,12-14H,3,6-7,10-11H2,1-2H3,(H,20,23)/t14-/m1/s1. The number of nitrogens with zero attached hydrogens (tertiary/aromatic N) is 3. The Morgan fingerprint density at radius 1 is 1.37 bits per heavy atom. The van der Waals surface area contributed by atoms with Crippen molar-refractivity contribution in [3.8, 4) is 5.75 Å². The molecule has 0 bridgehead atoms. The first-order chi connectivity index (χ1) is 12.9. The van der Waals surface area contributed by atoms with Crippen molar-refractivity contribution in [2.24, 2.45) is 13.0 Å². The molecule has 1 aliphatic rings. The van der Waals surface area contributed by atoms with Crippen LogP contribution in [0.2, 0.25) is 0 Å². The normalized spacial score (nSPS) is 18.2. The van der Waals surface area contributed by atoms with Gasteiger partial charge in [-0.2, -0.15) is 4.31 Å². The molecule has 1 saturated heterocycles. The maximum Gasteiger partial charge on any atom is 0.262 e. The summed E-state index contributed by atoms with van der Waals surface area (Å²) in [5.74, 6) is -0.0304. The van der Waals surface area contributed by atoms with E-state index < -0.39 is 15.9 Å². The van der Waals surface area contributed by atoms with E-state index in [0.29, 0.717) is 37.4 Å². The molecule has 0 aliphatic carbocycles. The molecule has 1 atom stereocenters. The number of piperidine rings is 1. The third-order valence-electron chi connectivity index (χ3n) is 4.49. The first kappa shape index (κ1) is 19.4. The zero-order chi connectivity index (χ0) is 19.4. The molecule has 9 heteroatoms. The maximum absolute atomic E-state index is 12.8. The van der Waals surface area contributed by atoms with Crippen LogP contribution in [0.5, 0.6) is 5.75 Å². The molecule has 146 valence electrons. The van der Waals surface area contributed by atoms with Gasteiger partial charge < -0.3 is 14.6 Å². The van der Waals surface area contributed by atoms with Crippen LogP contribution in [0, 0.1) is 5.92 Å². The number of benzene rings is 1. The molecule has 8 nitrogen and oxygen atoms in total. The van der Waals surface area contributed by atoms with Gasteiger partial charge in [0.25, 0.3) is 10.0 Å². The van der Waals surface area contributed by atoms with Gasteiger partial charge in [-0.1, -0.05) is 12.1 Å². The summed E-state index contributed by atoms with van der Waals surface area (Å²) >= 11 is 0. The van der Waals surface area contributed by atoms with Crippen LogP contribution in [-0.2, 0) is 21.9 Å². The summed E-state index contributed by atoms with van der Waals surface area (Å²) in [5.41, 5.74) is 0.592. The van der Waals surface area contributed by atoms with E-state index in [4.69, 9.17) is 4.74 Å². The lowest BCUT2D eigenvalue weighted by molar-refractivity contribution is -0.120. The van der Waals surface area contributed by atoms with Gasteiger partial charge in [0, 0.05) is 26.3 Å². The Bertz CT molecular complexity index is 910. The summed E-state index contributed by atoms with van der Waals surface area (Å²) in [6.07, 6.45) is 4.18. The Labute approximate surface area is 159 Å². The van der Waals surface area contributed by atoms with Gasteiger partial charge in [0.15, 0.2) is 5.03 Å². The number of nitrogens with one attached hydrogen (secondary N) is 1. The van der Waals surface area contributed by atoms with Gasteiger partial charge in [0.2, 0.25) is 5.91 Å². The Kier molecular flexibility index (Phi) is 5.81. The molecule has 2 aromatic rings. The first-order valence-electron chi connectivity index (χ1n) is 8.92. The van der Waals surface area contributed by atoms with E-state index in [1.54, 1.807) is 23.7 Å². The molecule has 1 aromatic carbocycles. The monoisotopic (exact) mass is 392 g/mol. The number of carbonyl (C=O) groups is 1. The fraction of sp³-hybridized carbons (Fsp3) is 0.444. The fourth-order valence-electron chi connectivity index (χ4n) is 3.12. The number of rotatable bonds is 6. The molecule has 1 N–H and O–H groups in total. The van der Waals surface area contributed by atoms with E-state index in [2.05, 4.69) is 10.3 Å². The zero-order valence-corrected chi connectivity index (χ0v) is 16.3. The average Bonchev–Trinajstić information content (AvgIpc) is 3.11. The van der Waals surface area contributed by atoms with Crippen LogP contribution < -0.4 is 10.1 Å². The summed E-state index contributed by atoms with van der Waals surface area (Å²) in [7, 11) is -1.98. The van der Waals surface area contributed by atoms with Crippen LogP contribution >= 0.6 is 0 Å². The van der Waals surface area contributed by atoms with Crippen molar-refractivity contribution < 1.29 is 17.9 Å². The van der Waals surface area contributed by atoms with Crippen LogP contribution in [-0.4, -0.2) is 47.9 Å². The van der Waals surface area contributed by atoms with Crippen LogP contribution in [0.3, 0.4) is 0 Å². The van der Waals surface area contributed by atoms with Crippen molar-refractivity contribution >= 4 is 21.6 Å². The minimum absolute atomic E-state index is 0.00718. The van der Waals surface area contributed by atoms with Crippen molar-refractivity contribution in [3.05, 3.63) is 36.8 Å². The summed E-state index contributed by atoms with van der Waals surface area (Å²) in [6, 6.07) is 7.21. The minimum atomic E-state index is -3.70. The Morgan fingerprint density at radius 3 is 2.85 bits per heavy atom. The molecule has 3 rings (SSSR count). The number of imidazole rings is 1. The van der Waals surface area contributed by atoms with Gasteiger partial charge in [-0.05, 0) is 31.9 Å². The van der Waals surface area contributed by atoms with E-state index in [0.717, 1.165) is 0 Å². The number of aromatic nitrogens is 2. The lowest BCUT2D eigenvalue weighted by atomic mass is 9.98. The number of ether oxygens (including phenoxy) is 1. The van der Waals surface area contributed by atoms with E-state index in [9.17, 15) is 13.2 Å². The number of anilines is 1. The first-order valence-corrected chi connectivity index (χ1v) is 10.4. The molecule has 2 heterocycles. The highest BCUT2D eigenvalue weighted by Crippen LogP contribution is 2.27. The quantitative estimate of drug-likeness (QED) is 0.810. The highest BCUT2D eigenvalue weighted by molar-refractivity contribution is 7.89. The number of hydrogen-bond donors (Lipinski definition) is 1. The smallest absolute Gasteiger partial charge is 0.262 e. The van der Waals surface area contributed by atoms with Gasteiger partial charge in [-0.15, -0.1) is 0 Å². The van der Waals surface area contributed by atoms with Crippen LogP contribution in [0.15, 0.2) is 41.8 Å². The zero-order valence-electron chi connectivity index (χ0n) is 15.5. The molecule has 1 fully saturated rings. The van der Waals surface area contributed by atoms with Crippen molar-refractivity contribution in [2.45, 2.75) is 24.8 Å². The SMILES string of the molecule is CCOc1ccccc1NC(=O)[C@@H]1CCCN(S(=O)(=O)c2cn(C)cn2)C1. The molecule has 0 spiro atoms. The predicted molar refractivity (Wildman–Crippen MR) is 101 cm³/mol. The third-order valence-corrected chi connectivity index (χ3v) is 6.24.